The molecule has 0 saturated carbocycles. The largest absolute Gasteiger partial charge is 0.506 e. The van der Waals surface area contributed by atoms with Crippen molar-refractivity contribution in [2.75, 3.05) is 0 Å². The van der Waals surface area contributed by atoms with Gasteiger partial charge in [0.2, 0.25) is 0 Å². The number of nitriles is 1. The van der Waals surface area contributed by atoms with E-state index in [1.165, 1.54) is 0 Å². The Bertz CT molecular complexity index is 548. The van der Waals surface area contributed by atoms with Crippen LogP contribution >= 0.6 is 0 Å². The number of hydrogen-bond donors (Lipinski definition) is 1. The van der Waals surface area contributed by atoms with Gasteiger partial charge in [-0.1, -0.05) is 24.3 Å². The highest BCUT2D eigenvalue weighted by Gasteiger charge is 2.02. The maximum absolute atomic E-state index is 9.72. The molecule has 0 spiro atoms. The van der Waals surface area contributed by atoms with Crippen molar-refractivity contribution in [2.24, 2.45) is 0 Å². The van der Waals surface area contributed by atoms with Crippen LogP contribution in [0.25, 0.3) is 12.2 Å². The molecule has 0 unspecified atom stereocenters. The quantitative estimate of drug-likeness (QED) is 0.830. The second kappa shape index (κ2) is 4.37. The number of hydrogen-bond acceptors (Lipinski definition) is 3. The smallest absolute Gasteiger partial charge is 0.140 e. The molecule has 0 aliphatic rings. The lowest BCUT2D eigenvalue weighted by atomic mass is 10.1. The van der Waals surface area contributed by atoms with Crippen LogP contribution in [-0.4, -0.2) is 5.11 Å². The minimum Gasteiger partial charge on any atom is -0.506 e. The van der Waals surface area contributed by atoms with Gasteiger partial charge in [-0.05, 0) is 12.1 Å². The van der Waals surface area contributed by atoms with E-state index in [1.807, 2.05) is 12.1 Å². The summed E-state index contributed by atoms with van der Waals surface area (Å²) in [5, 5.41) is 18.5. The first-order chi connectivity index (χ1) is 7.81. The minimum absolute atomic E-state index is 0.00439. The fraction of sp³-hybridized carbons (Fsp3) is 0. The molecule has 2 aromatic rings. The number of furan rings is 1. The van der Waals surface area contributed by atoms with Crippen LogP contribution < -0.4 is 0 Å². The Morgan fingerprint density at radius 1 is 1.25 bits per heavy atom. The number of phenols is 1. The van der Waals surface area contributed by atoms with Crippen molar-refractivity contribution in [1.29, 1.82) is 5.26 Å². The van der Waals surface area contributed by atoms with E-state index < -0.39 is 0 Å². The van der Waals surface area contributed by atoms with Crippen LogP contribution in [0.3, 0.4) is 0 Å². The van der Waals surface area contributed by atoms with Crippen molar-refractivity contribution in [3.63, 3.8) is 0 Å². The maximum Gasteiger partial charge on any atom is 0.140 e. The molecule has 3 heteroatoms. The Hall–Kier alpha value is -2.47. The topological polar surface area (TPSA) is 57.2 Å². The molecular weight excluding hydrogens is 202 g/mol. The Morgan fingerprint density at radius 2 is 2.12 bits per heavy atom. The van der Waals surface area contributed by atoms with Gasteiger partial charge in [0.15, 0.2) is 0 Å². The molecule has 0 amide bonds. The highest BCUT2D eigenvalue weighted by atomic mass is 16.3. The number of para-hydroxylation sites is 1. The lowest BCUT2D eigenvalue weighted by Crippen LogP contribution is -1.80. The van der Waals surface area contributed by atoms with Gasteiger partial charge >= 0.3 is 0 Å². The van der Waals surface area contributed by atoms with Gasteiger partial charge < -0.3 is 9.52 Å². The highest BCUT2D eigenvalue weighted by Crippen LogP contribution is 2.23. The van der Waals surface area contributed by atoms with Crippen LogP contribution in [0.4, 0.5) is 0 Å². The third kappa shape index (κ3) is 1.96. The van der Waals surface area contributed by atoms with E-state index in [9.17, 15) is 5.11 Å². The van der Waals surface area contributed by atoms with E-state index in [0.29, 0.717) is 5.56 Å². The van der Waals surface area contributed by atoms with Gasteiger partial charge in [-0.2, -0.15) is 5.26 Å². The summed E-state index contributed by atoms with van der Waals surface area (Å²) in [7, 11) is 0. The Labute approximate surface area is 92.9 Å². The van der Waals surface area contributed by atoms with Crippen LogP contribution in [0, 0.1) is 11.3 Å². The van der Waals surface area contributed by atoms with Crippen molar-refractivity contribution in [3.8, 4) is 11.8 Å². The maximum atomic E-state index is 9.72. The molecule has 2 rings (SSSR count). The molecule has 1 aromatic carbocycles. The van der Waals surface area contributed by atoms with Crippen molar-refractivity contribution in [3.05, 3.63) is 53.5 Å². The summed E-state index contributed by atoms with van der Waals surface area (Å²) >= 11 is 0. The first kappa shape index (κ1) is 10.1. The third-order valence-corrected chi connectivity index (χ3v) is 2.19. The molecule has 1 heterocycles. The molecule has 0 fully saturated rings. The average molecular weight is 211 g/mol. The number of aromatic hydroxyl groups is 1. The standard InChI is InChI=1S/C13H9NO2/c14-8-12-3-1-2-11(13(12)15)5-4-10-6-7-16-9-10/h1-7,9,15H/b5-4+. The van der Waals surface area contributed by atoms with E-state index in [1.54, 1.807) is 42.9 Å². The minimum atomic E-state index is 0.00439. The molecule has 3 nitrogen and oxygen atoms in total. The Morgan fingerprint density at radius 3 is 2.81 bits per heavy atom. The Kier molecular flexibility index (Phi) is 2.75. The van der Waals surface area contributed by atoms with Gasteiger partial charge in [-0.25, -0.2) is 0 Å². The number of rotatable bonds is 2. The van der Waals surface area contributed by atoms with Crippen LogP contribution in [-0.2, 0) is 0 Å². The predicted octanol–water partition coefficient (Wildman–Crippen LogP) is 3.03. The van der Waals surface area contributed by atoms with Crippen LogP contribution in [0.15, 0.2) is 41.2 Å². The second-order valence-corrected chi connectivity index (χ2v) is 3.25. The zero-order chi connectivity index (χ0) is 11.4. The van der Waals surface area contributed by atoms with Gasteiger partial charge in [-0.15, -0.1) is 0 Å². The molecule has 16 heavy (non-hydrogen) atoms. The lowest BCUT2D eigenvalue weighted by molar-refractivity contribution is 0.472. The predicted molar refractivity (Wildman–Crippen MR) is 60.5 cm³/mol. The number of phenolic OH excluding ortho intramolecular Hbond substituents is 1. The van der Waals surface area contributed by atoms with E-state index in [-0.39, 0.29) is 11.3 Å². The Balaban J connectivity index is 2.32. The van der Waals surface area contributed by atoms with Crippen molar-refractivity contribution < 1.29 is 9.52 Å². The number of benzene rings is 1. The highest BCUT2D eigenvalue weighted by molar-refractivity contribution is 5.73. The zero-order valence-electron chi connectivity index (χ0n) is 8.42. The summed E-state index contributed by atoms with van der Waals surface area (Å²) in [5.74, 6) is 0.00439. The van der Waals surface area contributed by atoms with Crippen LogP contribution in [0.2, 0.25) is 0 Å². The van der Waals surface area contributed by atoms with Gasteiger partial charge in [0, 0.05) is 11.1 Å². The summed E-state index contributed by atoms with van der Waals surface area (Å²) in [4.78, 5) is 0. The van der Waals surface area contributed by atoms with E-state index in [0.717, 1.165) is 5.56 Å². The molecule has 0 bridgehead atoms. The first-order valence-electron chi connectivity index (χ1n) is 4.73. The molecular formula is C13H9NO2. The molecule has 1 N–H and O–H groups in total. The first-order valence-corrected chi connectivity index (χ1v) is 4.73. The molecule has 0 atom stereocenters. The van der Waals surface area contributed by atoms with Gasteiger partial charge in [-0.3, -0.25) is 0 Å². The molecule has 1 aromatic heterocycles. The fourth-order valence-corrected chi connectivity index (χ4v) is 1.34. The molecule has 0 aliphatic carbocycles. The molecule has 0 radical (unpaired) electrons. The average Bonchev–Trinajstić information content (AvgIpc) is 2.81. The van der Waals surface area contributed by atoms with Crippen LogP contribution in [0.1, 0.15) is 16.7 Å². The van der Waals surface area contributed by atoms with Gasteiger partial charge in [0.1, 0.15) is 11.8 Å². The molecule has 78 valence electrons. The van der Waals surface area contributed by atoms with Crippen molar-refractivity contribution >= 4 is 12.2 Å². The van der Waals surface area contributed by atoms with Gasteiger partial charge in [0.25, 0.3) is 0 Å². The summed E-state index contributed by atoms with van der Waals surface area (Å²) in [6, 6.07) is 8.78. The lowest BCUT2D eigenvalue weighted by Gasteiger charge is -1.99. The SMILES string of the molecule is N#Cc1cccc(/C=C/c2ccoc2)c1O. The molecule has 0 aliphatic heterocycles. The third-order valence-electron chi connectivity index (χ3n) is 2.19. The fourth-order valence-electron chi connectivity index (χ4n) is 1.34. The van der Waals surface area contributed by atoms with Crippen molar-refractivity contribution in [2.45, 2.75) is 0 Å². The van der Waals surface area contributed by atoms with E-state index >= 15 is 0 Å². The summed E-state index contributed by atoms with van der Waals surface area (Å²) in [6.07, 6.45) is 6.72. The van der Waals surface area contributed by atoms with Gasteiger partial charge in [0.05, 0.1) is 18.1 Å². The molecule has 0 saturated heterocycles. The summed E-state index contributed by atoms with van der Waals surface area (Å²) in [5.41, 5.74) is 1.79. The van der Waals surface area contributed by atoms with Crippen LogP contribution in [0.5, 0.6) is 5.75 Å². The normalized spacial score (nSPS) is 10.4. The summed E-state index contributed by atoms with van der Waals surface area (Å²) in [6.45, 7) is 0. The summed E-state index contributed by atoms with van der Waals surface area (Å²) < 4.78 is 4.91. The van der Waals surface area contributed by atoms with Crippen molar-refractivity contribution in [1.82, 2.24) is 0 Å². The van der Waals surface area contributed by atoms with E-state index in [2.05, 4.69) is 0 Å². The number of nitrogens with zero attached hydrogens (tertiary/aromatic N) is 1. The monoisotopic (exact) mass is 211 g/mol. The second-order valence-electron chi connectivity index (χ2n) is 3.25. The van der Waals surface area contributed by atoms with E-state index in [4.69, 9.17) is 9.68 Å². The zero-order valence-corrected chi connectivity index (χ0v) is 8.42.